The Morgan fingerprint density at radius 3 is 2.80 bits per heavy atom. The summed E-state index contributed by atoms with van der Waals surface area (Å²) in [5.74, 6) is 0. The van der Waals surface area contributed by atoms with Crippen molar-refractivity contribution in [2.75, 3.05) is 7.05 Å². The molecule has 1 aliphatic rings. The highest BCUT2D eigenvalue weighted by molar-refractivity contribution is 5.24. The molecule has 56 valence electrons. The van der Waals surface area contributed by atoms with E-state index in [1.54, 1.807) is 0 Å². The second-order valence-corrected chi connectivity index (χ2v) is 2.57. The molecule has 0 aromatic rings. The van der Waals surface area contributed by atoms with Crippen molar-refractivity contribution < 1.29 is 0 Å². The van der Waals surface area contributed by atoms with Crippen molar-refractivity contribution in [2.45, 2.75) is 12.6 Å². The number of hydrogen-bond acceptors (Lipinski definition) is 3. The summed E-state index contributed by atoms with van der Waals surface area (Å²) < 4.78 is 0. The average molecular weight is 139 g/mol. The van der Waals surface area contributed by atoms with E-state index in [2.05, 4.69) is 10.6 Å². The maximum atomic E-state index is 5.58. The Morgan fingerprint density at radius 1 is 1.70 bits per heavy atom. The number of rotatable bonds is 1. The Bertz CT molecular complexity index is 183. The van der Waals surface area contributed by atoms with Crippen LogP contribution in [0.2, 0.25) is 0 Å². The van der Waals surface area contributed by atoms with E-state index in [-0.39, 0.29) is 5.66 Å². The first-order valence-electron chi connectivity index (χ1n) is 3.28. The Morgan fingerprint density at radius 2 is 2.40 bits per heavy atom. The molecule has 0 fully saturated rings. The van der Waals surface area contributed by atoms with Gasteiger partial charge in [0.1, 0.15) is 5.66 Å². The van der Waals surface area contributed by atoms with Crippen LogP contribution in [0.1, 0.15) is 6.92 Å². The lowest BCUT2D eigenvalue weighted by Crippen LogP contribution is -2.50. The fourth-order valence-corrected chi connectivity index (χ4v) is 0.878. The molecular formula is C7H13N3. The van der Waals surface area contributed by atoms with E-state index < -0.39 is 0 Å². The van der Waals surface area contributed by atoms with Crippen LogP contribution in [-0.4, -0.2) is 12.7 Å². The first kappa shape index (κ1) is 7.15. The molecule has 0 aliphatic carbocycles. The largest absolute Gasteiger partial charge is 0.399 e. The predicted octanol–water partition coefficient (Wildman–Crippen LogP) is -0.119. The van der Waals surface area contributed by atoms with Crippen LogP contribution < -0.4 is 16.4 Å². The van der Waals surface area contributed by atoms with Crippen molar-refractivity contribution in [1.29, 1.82) is 0 Å². The zero-order valence-electron chi connectivity index (χ0n) is 6.31. The van der Waals surface area contributed by atoms with E-state index >= 15 is 0 Å². The van der Waals surface area contributed by atoms with Crippen molar-refractivity contribution in [3.63, 3.8) is 0 Å². The van der Waals surface area contributed by atoms with E-state index in [0.717, 1.165) is 5.70 Å². The van der Waals surface area contributed by atoms with Gasteiger partial charge in [-0.25, -0.2) is 0 Å². The second kappa shape index (κ2) is 2.34. The van der Waals surface area contributed by atoms with Crippen LogP contribution in [0.4, 0.5) is 0 Å². The summed E-state index contributed by atoms with van der Waals surface area (Å²) in [4.78, 5) is 0. The molecule has 0 radical (unpaired) electrons. The maximum absolute atomic E-state index is 5.58. The first-order valence-corrected chi connectivity index (χ1v) is 3.28. The number of allylic oxidation sites excluding steroid dienone is 1. The van der Waals surface area contributed by atoms with Gasteiger partial charge in [0.15, 0.2) is 0 Å². The minimum atomic E-state index is -0.182. The third kappa shape index (κ3) is 1.30. The summed E-state index contributed by atoms with van der Waals surface area (Å²) in [6.07, 6.45) is 5.61. The molecule has 1 heterocycles. The molecule has 0 aromatic heterocycles. The minimum Gasteiger partial charge on any atom is -0.399 e. The van der Waals surface area contributed by atoms with Gasteiger partial charge in [-0.05, 0) is 26.1 Å². The zero-order valence-corrected chi connectivity index (χ0v) is 6.31. The third-order valence-electron chi connectivity index (χ3n) is 1.63. The van der Waals surface area contributed by atoms with E-state index in [9.17, 15) is 0 Å². The Labute approximate surface area is 61.0 Å². The molecular weight excluding hydrogens is 126 g/mol. The summed E-state index contributed by atoms with van der Waals surface area (Å²) in [7, 11) is 1.88. The fourth-order valence-electron chi connectivity index (χ4n) is 0.878. The van der Waals surface area contributed by atoms with Crippen LogP contribution in [0, 0.1) is 0 Å². The van der Waals surface area contributed by atoms with E-state index in [1.807, 2.05) is 32.3 Å². The number of nitrogens with one attached hydrogen (secondary N) is 2. The van der Waals surface area contributed by atoms with Gasteiger partial charge in [0.2, 0.25) is 0 Å². The Balaban J connectivity index is 2.76. The number of likely N-dealkylation sites (N-methyl/N-ethyl adjacent to an activating group) is 1. The first-order chi connectivity index (χ1) is 4.66. The smallest absolute Gasteiger partial charge is 0.106 e. The Kier molecular flexibility index (Phi) is 1.68. The third-order valence-corrected chi connectivity index (χ3v) is 1.63. The lowest BCUT2D eigenvalue weighted by Gasteiger charge is -2.28. The van der Waals surface area contributed by atoms with Gasteiger partial charge in [-0.1, -0.05) is 0 Å². The van der Waals surface area contributed by atoms with Gasteiger partial charge in [0.05, 0.1) is 0 Å². The number of hydrogen-bond donors (Lipinski definition) is 3. The summed E-state index contributed by atoms with van der Waals surface area (Å²) in [6, 6.07) is 0. The molecule has 0 amide bonds. The van der Waals surface area contributed by atoms with E-state index in [4.69, 9.17) is 5.73 Å². The van der Waals surface area contributed by atoms with Crippen molar-refractivity contribution in [2.24, 2.45) is 5.73 Å². The lowest BCUT2D eigenvalue weighted by atomic mass is 10.1. The van der Waals surface area contributed by atoms with Crippen LogP contribution >= 0.6 is 0 Å². The van der Waals surface area contributed by atoms with Crippen molar-refractivity contribution in [1.82, 2.24) is 10.6 Å². The number of dihydropyridines is 1. The zero-order chi connectivity index (χ0) is 7.61. The van der Waals surface area contributed by atoms with Crippen LogP contribution in [0.25, 0.3) is 0 Å². The summed E-state index contributed by atoms with van der Waals surface area (Å²) in [5, 5.41) is 6.22. The highest BCUT2D eigenvalue weighted by Crippen LogP contribution is 2.07. The molecule has 0 bridgehead atoms. The standard InChI is InChI=1S/C7H13N3/c1-7(9-2)5-6(8)3-4-10-7/h3-5,9-10H,8H2,1-2H3. The van der Waals surface area contributed by atoms with Crippen molar-refractivity contribution >= 4 is 0 Å². The average Bonchev–Trinajstić information content (AvgIpc) is 1.88. The minimum absolute atomic E-state index is 0.182. The summed E-state index contributed by atoms with van der Waals surface area (Å²) >= 11 is 0. The molecule has 0 saturated heterocycles. The van der Waals surface area contributed by atoms with Gasteiger partial charge in [0, 0.05) is 11.9 Å². The Hall–Kier alpha value is -0.960. The molecule has 0 aromatic carbocycles. The van der Waals surface area contributed by atoms with Gasteiger partial charge >= 0.3 is 0 Å². The molecule has 3 heteroatoms. The molecule has 1 aliphatic heterocycles. The normalized spacial score (nSPS) is 31.2. The SMILES string of the molecule is CNC1(C)C=C(N)C=CN1. The van der Waals surface area contributed by atoms with E-state index in [1.165, 1.54) is 0 Å². The van der Waals surface area contributed by atoms with Crippen molar-refractivity contribution in [3.05, 3.63) is 24.0 Å². The molecule has 1 unspecified atom stereocenters. The highest BCUT2D eigenvalue weighted by atomic mass is 15.2. The van der Waals surface area contributed by atoms with Crippen LogP contribution in [0.3, 0.4) is 0 Å². The lowest BCUT2D eigenvalue weighted by molar-refractivity contribution is 0.423. The quantitative estimate of drug-likeness (QED) is 0.475. The van der Waals surface area contributed by atoms with E-state index in [0.29, 0.717) is 0 Å². The van der Waals surface area contributed by atoms with Gasteiger partial charge in [-0.2, -0.15) is 0 Å². The molecule has 4 N–H and O–H groups in total. The molecule has 3 nitrogen and oxygen atoms in total. The predicted molar refractivity (Wildman–Crippen MR) is 42.0 cm³/mol. The second-order valence-electron chi connectivity index (χ2n) is 2.57. The number of nitrogens with two attached hydrogens (primary N) is 1. The van der Waals surface area contributed by atoms with Crippen LogP contribution in [0.5, 0.6) is 0 Å². The van der Waals surface area contributed by atoms with Gasteiger partial charge in [-0.15, -0.1) is 0 Å². The summed E-state index contributed by atoms with van der Waals surface area (Å²) in [6.45, 7) is 2.02. The van der Waals surface area contributed by atoms with Gasteiger partial charge in [0.25, 0.3) is 0 Å². The molecule has 1 rings (SSSR count). The topological polar surface area (TPSA) is 50.1 Å². The highest BCUT2D eigenvalue weighted by Gasteiger charge is 2.18. The van der Waals surface area contributed by atoms with Crippen LogP contribution in [-0.2, 0) is 0 Å². The van der Waals surface area contributed by atoms with Gasteiger partial charge in [-0.3, -0.25) is 5.32 Å². The van der Waals surface area contributed by atoms with Gasteiger partial charge < -0.3 is 11.1 Å². The van der Waals surface area contributed by atoms with Crippen molar-refractivity contribution in [3.8, 4) is 0 Å². The molecule has 1 atom stereocenters. The molecule has 0 saturated carbocycles. The maximum Gasteiger partial charge on any atom is 0.106 e. The van der Waals surface area contributed by atoms with Crippen LogP contribution in [0.15, 0.2) is 24.0 Å². The molecule has 10 heavy (non-hydrogen) atoms. The monoisotopic (exact) mass is 139 g/mol. The summed E-state index contributed by atoms with van der Waals surface area (Å²) in [5.41, 5.74) is 6.19. The fraction of sp³-hybridized carbons (Fsp3) is 0.429. The molecule has 0 spiro atoms.